The van der Waals surface area contributed by atoms with Gasteiger partial charge in [-0.05, 0) is 35.0 Å². The highest BCUT2D eigenvalue weighted by Gasteiger charge is 2.14. The topological polar surface area (TPSA) is 66.9 Å². The summed E-state index contributed by atoms with van der Waals surface area (Å²) in [5, 5.41) is 6.46. The molecular weight excluding hydrogens is 340 g/mol. The van der Waals surface area contributed by atoms with Crippen LogP contribution in [0.5, 0.6) is 0 Å². The van der Waals surface area contributed by atoms with Crippen LogP contribution in [0.3, 0.4) is 0 Å². The number of carbonyl (C=O) groups is 1. The first-order chi connectivity index (χ1) is 9.60. The smallest absolute Gasteiger partial charge is 0.263 e. The molecule has 2 N–H and O–H groups in total. The Kier molecular flexibility index (Phi) is 4.86. The summed E-state index contributed by atoms with van der Waals surface area (Å²) in [5.74, 6) is 0.539. The number of nitrogens with zero attached hydrogens (tertiary/aromatic N) is 2. The quantitative estimate of drug-likeness (QED) is 0.810. The van der Waals surface area contributed by atoms with E-state index in [2.05, 4.69) is 43.1 Å². The van der Waals surface area contributed by atoms with E-state index in [4.69, 9.17) is 0 Å². The van der Waals surface area contributed by atoms with Crippen molar-refractivity contribution in [3.63, 3.8) is 0 Å². The number of nitrogens with one attached hydrogen (secondary N) is 2. The molecule has 0 aliphatic heterocycles. The average Bonchev–Trinajstić information content (AvgIpc) is 2.79. The average molecular weight is 353 g/mol. The van der Waals surface area contributed by atoms with Crippen molar-refractivity contribution in [2.45, 2.75) is 6.92 Å². The van der Waals surface area contributed by atoms with E-state index < -0.39 is 0 Å². The van der Waals surface area contributed by atoms with E-state index in [1.54, 1.807) is 19.2 Å². The predicted octanol–water partition coefficient (Wildman–Crippen LogP) is 3.27. The second-order valence-corrected chi connectivity index (χ2v) is 5.83. The summed E-state index contributed by atoms with van der Waals surface area (Å²) in [7, 11) is 0. The molecule has 0 aromatic carbocycles. The Bertz CT molecular complexity index is 624. The zero-order valence-electron chi connectivity index (χ0n) is 10.8. The summed E-state index contributed by atoms with van der Waals surface area (Å²) >= 11 is 4.62. The second kappa shape index (κ2) is 6.62. The van der Waals surface area contributed by atoms with E-state index in [-0.39, 0.29) is 5.91 Å². The van der Waals surface area contributed by atoms with Crippen LogP contribution in [0.1, 0.15) is 15.4 Å². The lowest BCUT2D eigenvalue weighted by Crippen LogP contribution is -2.22. The van der Waals surface area contributed by atoms with Gasteiger partial charge >= 0.3 is 0 Å². The SMILES string of the molecule is C=CCNC(=O)c1sc(Nc2ccc(Br)cn2)nc1C. The molecule has 0 saturated carbocycles. The maximum absolute atomic E-state index is 11.9. The third-order valence-electron chi connectivity index (χ3n) is 2.37. The van der Waals surface area contributed by atoms with Gasteiger partial charge in [0, 0.05) is 17.2 Å². The van der Waals surface area contributed by atoms with Crippen LogP contribution in [0.2, 0.25) is 0 Å². The van der Waals surface area contributed by atoms with Gasteiger partial charge in [0.2, 0.25) is 0 Å². The van der Waals surface area contributed by atoms with Crippen molar-refractivity contribution in [1.82, 2.24) is 15.3 Å². The molecule has 7 heteroatoms. The van der Waals surface area contributed by atoms with Gasteiger partial charge in [-0.1, -0.05) is 17.4 Å². The normalized spacial score (nSPS) is 10.1. The number of aromatic nitrogens is 2. The largest absolute Gasteiger partial charge is 0.348 e. The Labute approximate surface area is 129 Å². The van der Waals surface area contributed by atoms with Crippen molar-refractivity contribution < 1.29 is 4.79 Å². The van der Waals surface area contributed by atoms with Crippen molar-refractivity contribution in [2.24, 2.45) is 0 Å². The molecule has 0 fully saturated rings. The second-order valence-electron chi connectivity index (χ2n) is 3.92. The van der Waals surface area contributed by atoms with Crippen LogP contribution in [0, 0.1) is 6.92 Å². The fraction of sp³-hybridized carbons (Fsp3) is 0.154. The van der Waals surface area contributed by atoms with Gasteiger partial charge in [0.05, 0.1) is 5.69 Å². The Morgan fingerprint density at radius 2 is 2.35 bits per heavy atom. The molecule has 0 saturated heterocycles. The van der Waals surface area contributed by atoms with Gasteiger partial charge in [0.25, 0.3) is 5.91 Å². The Morgan fingerprint density at radius 1 is 1.55 bits per heavy atom. The lowest BCUT2D eigenvalue weighted by atomic mass is 10.4. The third kappa shape index (κ3) is 3.64. The Balaban J connectivity index is 2.12. The molecule has 1 amide bonds. The number of pyridine rings is 1. The van der Waals surface area contributed by atoms with Crippen molar-refractivity contribution in [1.29, 1.82) is 0 Å². The fourth-order valence-corrected chi connectivity index (χ4v) is 2.59. The number of rotatable bonds is 5. The summed E-state index contributed by atoms with van der Waals surface area (Å²) in [4.78, 5) is 21.0. The summed E-state index contributed by atoms with van der Waals surface area (Å²) in [6, 6.07) is 3.71. The fourth-order valence-electron chi connectivity index (χ4n) is 1.47. The molecule has 2 aromatic heterocycles. The van der Waals surface area contributed by atoms with Crippen molar-refractivity contribution >= 4 is 44.1 Å². The maximum atomic E-state index is 11.9. The first-order valence-electron chi connectivity index (χ1n) is 5.85. The molecule has 0 bridgehead atoms. The summed E-state index contributed by atoms with van der Waals surface area (Å²) in [6.45, 7) is 5.81. The number of hydrogen-bond acceptors (Lipinski definition) is 5. The molecular formula is C13H13BrN4OS. The third-order valence-corrected chi connectivity index (χ3v) is 3.91. The van der Waals surface area contributed by atoms with Crippen molar-refractivity contribution in [3.8, 4) is 0 Å². The molecule has 0 aliphatic rings. The molecule has 2 aromatic rings. The van der Waals surface area contributed by atoms with E-state index in [9.17, 15) is 4.79 Å². The standard InChI is InChI=1S/C13H13BrN4OS/c1-3-6-15-12(19)11-8(2)17-13(20-11)18-10-5-4-9(14)7-16-10/h3-5,7H,1,6H2,2H3,(H,15,19)(H,16,17,18). The zero-order valence-corrected chi connectivity index (χ0v) is 13.2. The predicted molar refractivity (Wildman–Crippen MR) is 84.6 cm³/mol. The lowest BCUT2D eigenvalue weighted by molar-refractivity contribution is 0.0961. The van der Waals surface area contributed by atoms with Gasteiger partial charge in [-0.15, -0.1) is 6.58 Å². The number of thiazole rings is 1. The first-order valence-corrected chi connectivity index (χ1v) is 7.46. The molecule has 2 heterocycles. The monoisotopic (exact) mass is 352 g/mol. The Hall–Kier alpha value is -1.73. The highest BCUT2D eigenvalue weighted by molar-refractivity contribution is 9.10. The Morgan fingerprint density at radius 3 is 3.00 bits per heavy atom. The van der Waals surface area contributed by atoms with Crippen molar-refractivity contribution in [3.05, 3.63) is 46.0 Å². The molecule has 0 atom stereocenters. The van der Waals surface area contributed by atoms with Crippen LogP contribution >= 0.6 is 27.3 Å². The van der Waals surface area contributed by atoms with Gasteiger partial charge in [-0.25, -0.2) is 9.97 Å². The van der Waals surface area contributed by atoms with Gasteiger partial charge < -0.3 is 10.6 Å². The molecule has 0 radical (unpaired) electrons. The first kappa shape index (κ1) is 14.7. The van der Waals surface area contributed by atoms with Gasteiger partial charge in [-0.2, -0.15) is 0 Å². The van der Waals surface area contributed by atoms with Gasteiger partial charge in [0.15, 0.2) is 5.13 Å². The van der Waals surface area contributed by atoms with Crippen LogP contribution in [0.4, 0.5) is 10.9 Å². The van der Waals surface area contributed by atoms with Gasteiger partial charge in [0.1, 0.15) is 10.7 Å². The molecule has 0 aliphatic carbocycles. The molecule has 0 spiro atoms. The number of anilines is 2. The molecule has 5 nitrogen and oxygen atoms in total. The number of halogens is 1. The number of aryl methyl sites for hydroxylation is 1. The van der Waals surface area contributed by atoms with Crippen LogP contribution in [0.15, 0.2) is 35.5 Å². The molecule has 2 rings (SSSR count). The van der Waals surface area contributed by atoms with E-state index in [0.29, 0.717) is 28.1 Å². The maximum Gasteiger partial charge on any atom is 0.263 e. The van der Waals surface area contributed by atoms with E-state index in [0.717, 1.165) is 4.47 Å². The van der Waals surface area contributed by atoms with Crippen LogP contribution in [-0.2, 0) is 0 Å². The van der Waals surface area contributed by atoms with Crippen molar-refractivity contribution in [2.75, 3.05) is 11.9 Å². The summed E-state index contributed by atoms with van der Waals surface area (Å²) < 4.78 is 0.905. The minimum Gasteiger partial charge on any atom is -0.348 e. The molecule has 0 unspecified atom stereocenters. The molecule has 104 valence electrons. The minimum absolute atomic E-state index is 0.142. The van der Waals surface area contributed by atoms with Crippen LogP contribution < -0.4 is 10.6 Å². The highest BCUT2D eigenvalue weighted by Crippen LogP contribution is 2.25. The lowest BCUT2D eigenvalue weighted by Gasteiger charge is -2.00. The number of carbonyl (C=O) groups excluding carboxylic acids is 1. The summed E-state index contributed by atoms with van der Waals surface area (Å²) in [5.41, 5.74) is 0.691. The minimum atomic E-state index is -0.142. The number of amides is 1. The highest BCUT2D eigenvalue weighted by atomic mass is 79.9. The van der Waals surface area contributed by atoms with Gasteiger partial charge in [-0.3, -0.25) is 4.79 Å². The van der Waals surface area contributed by atoms with Crippen LogP contribution in [-0.4, -0.2) is 22.4 Å². The molecule has 20 heavy (non-hydrogen) atoms. The summed E-state index contributed by atoms with van der Waals surface area (Å²) in [6.07, 6.45) is 3.33. The zero-order chi connectivity index (χ0) is 14.5. The van der Waals surface area contributed by atoms with E-state index in [1.165, 1.54) is 11.3 Å². The van der Waals surface area contributed by atoms with Crippen LogP contribution in [0.25, 0.3) is 0 Å². The number of hydrogen-bond donors (Lipinski definition) is 2. The van der Waals surface area contributed by atoms with E-state index in [1.807, 2.05) is 12.1 Å². The van der Waals surface area contributed by atoms with E-state index >= 15 is 0 Å².